The van der Waals surface area contributed by atoms with E-state index in [1.807, 2.05) is 30.3 Å². The first-order valence-corrected chi connectivity index (χ1v) is 9.49. The highest BCUT2D eigenvalue weighted by atomic mass is 32.1. The van der Waals surface area contributed by atoms with Crippen LogP contribution in [0.3, 0.4) is 0 Å². The van der Waals surface area contributed by atoms with Gasteiger partial charge in [-0.2, -0.15) is 17.7 Å². The third kappa shape index (κ3) is 3.18. The summed E-state index contributed by atoms with van der Waals surface area (Å²) < 4.78 is 8.06. The number of hydrogen-bond donors (Lipinski definition) is 2. The quantitative estimate of drug-likeness (QED) is 0.474. The number of fused-ring (bicyclic) bond motifs is 3. The number of thiol groups is 1. The minimum atomic E-state index is -1.12. The number of aliphatic carboxylic acids is 1. The van der Waals surface area contributed by atoms with Gasteiger partial charge in [-0.3, -0.25) is 9.36 Å². The number of nitrogens with zero attached hydrogens (tertiary/aromatic N) is 4. The van der Waals surface area contributed by atoms with Crippen molar-refractivity contribution in [1.29, 1.82) is 0 Å². The van der Waals surface area contributed by atoms with Crippen LogP contribution in [0.15, 0.2) is 53.6 Å². The van der Waals surface area contributed by atoms with Gasteiger partial charge in [0, 0.05) is 25.3 Å². The van der Waals surface area contributed by atoms with Crippen LogP contribution in [0.4, 0.5) is 0 Å². The van der Waals surface area contributed by atoms with Crippen LogP contribution in [0.5, 0.6) is 0 Å². The Hall–Kier alpha value is -3.17. The van der Waals surface area contributed by atoms with Crippen molar-refractivity contribution in [2.75, 3.05) is 12.9 Å². The Kier molecular flexibility index (Phi) is 5.08. The van der Waals surface area contributed by atoms with Gasteiger partial charge in [-0.15, -0.1) is 0 Å². The van der Waals surface area contributed by atoms with Crippen LogP contribution < -0.4 is 5.56 Å². The average molecular weight is 410 g/mol. The van der Waals surface area contributed by atoms with Crippen LogP contribution in [-0.2, 0) is 16.1 Å². The van der Waals surface area contributed by atoms with Gasteiger partial charge in [0.05, 0.1) is 28.8 Å². The molecule has 0 bridgehead atoms. The predicted molar refractivity (Wildman–Crippen MR) is 111 cm³/mol. The van der Waals surface area contributed by atoms with E-state index < -0.39 is 17.6 Å². The fourth-order valence-electron chi connectivity index (χ4n) is 3.40. The Morgan fingerprint density at radius 2 is 2.03 bits per heavy atom. The molecule has 9 heteroatoms. The molecule has 3 aromatic heterocycles. The summed E-state index contributed by atoms with van der Waals surface area (Å²) in [4.78, 5) is 28.9. The average Bonchev–Trinajstić information content (AvgIpc) is 3.09. The molecule has 0 radical (unpaired) electrons. The van der Waals surface area contributed by atoms with E-state index in [9.17, 15) is 14.7 Å². The van der Waals surface area contributed by atoms with Crippen molar-refractivity contribution < 1.29 is 14.6 Å². The Labute approximate surface area is 170 Å². The Morgan fingerprint density at radius 3 is 2.69 bits per heavy atom. The molecular weight excluding hydrogens is 392 g/mol. The van der Waals surface area contributed by atoms with Gasteiger partial charge < -0.3 is 9.84 Å². The predicted octanol–water partition coefficient (Wildman–Crippen LogP) is 2.41. The summed E-state index contributed by atoms with van der Waals surface area (Å²) in [7, 11) is 1.59. The summed E-state index contributed by atoms with van der Waals surface area (Å²) in [6.07, 6.45) is 2.92. The number of methoxy groups -OCH3 is 1. The molecule has 8 nitrogen and oxygen atoms in total. The minimum absolute atomic E-state index is 0.00562. The third-order valence-electron chi connectivity index (χ3n) is 4.75. The van der Waals surface area contributed by atoms with Gasteiger partial charge in [0.1, 0.15) is 6.04 Å². The minimum Gasteiger partial charge on any atom is -0.480 e. The van der Waals surface area contributed by atoms with Crippen molar-refractivity contribution in [3.63, 3.8) is 0 Å². The molecule has 0 amide bonds. The lowest BCUT2D eigenvalue weighted by molar-refractivity contribution is -0.140. The Morgan fingerprint density at radius 1 is 1.28 bits per heavy atom. The van der Waals surface area contributed by atoms with Gasteiger partial charge in [-0.05, 0) is 11.6 Å². The molecule has 0 spiro atoms. The molecule has 4 aromatic rings. The number of aromatic nitrogens is 4. The molecule has 148 valence electrons. The first-order chi connectivity index (χ1) is 14.1. The van der Waals surface area contributed by atoms with Gasteiger partial charge in [-0.25, -0.2) is 14.3 Å². The molecule has 0 unspecified atom stereocenters. The molecule has 0 fully saturated rings. The lowest BCUT2D eigenvalue weighted by Crippen LogP contribution is -2.31. The van der Waals surface area contributed by atoms with E-state index in [-0.39, 0.29) is 17.7 Å². The fraction of sp³-hybridized carbons (Fsp3) is 0.200. The normalized spacial score (nSPS) is 12.5. The highest BCUT2D eigenvalue weighted by Gasteiger charge is 2.22. The summed E-state index contributed by atoms with van der Waals surface area (Å²) in [5, 5.41) is 14.3. The van der Waals surface area contributed by atoms with Gasteiger partial charge >= 0.3 is 5.97 Å². The number of carbonyl (C=O) groups is 1. The second-order valence-corrected chi connectivity index (χ2v) is 6.84. The van der Waals surface area contributed by atoms with E-state index in [0.29, 0.717) is 16.9 Å². The summed E-state index contributed by atoms with van der Waals surface area (Å²) >= 11 is 4.06. The van der Waals surface area contributed by atoms with Crippen molar-refractivity contribution in [1.82, 2.24) is 19.2 Å². The van der Waals surface area contributed by atoms with Gasteiger partial charge in [0.15, 0.2) is 5.65 Å². The molecule has 1 N–H and O–H groups in total. The molecule has 1 aromatic carbocycles. The summed E-state index contributed by atoms with van der Waals surface area (Å²) in [5.41, 5.74) is 3.15. The maximum absolute atomic E-state index is 12.9. The van der Waals surface area contributed by atoms with Crippen LogP contribution in [0.2, 0.25) is 0 Å². The van der Waals surface area contributed by atoms with Crippen molar-refractivity contribution in [2.45, 2.75) is 12.6 Å². The molecule has 3 heterocycles. The summed E-state index contributed by atoms with van der Waals surface area (Å²) in [6, 6.07) is 10.3. The number of ether oxygens (including phenoxy) is 1. The van der Waals surface area contributed by atoms with E-state index in [1.54, 1.807) is 17.7 Å². The lowest BCUT2D eigenvalue weighted by atomic mass is 10.1. The van der Waals surface area contributed by atoms with E-state index in [1.165, 1.54) is 12.4 Å². The van der Waals surface area contributed by atoms with Crippen molar-refractivity contribution >= 4 is 35.1 Å². The van der Waals surface area contributed by atoms with Crippen molar-refractivity contribution in [3.8, 4) is 11.1 Å². The Balaban J connectivity index is 2.01. The number of carboxylic acids is 1. The molecule has 29 heavy (non-hydrogen) atoms. The first kappa shape index (κ1) is 19.2. The first-order valence-electron chi connectivity index (χ1n) is 8.86. The fourth-order valence-corrected chi connectivity index (χ4v) is 3.73. The standard InChI is InChI=1S/C20H18N4O4S/c1-28-10-14-17(12-5-3-2-4-6-12)18-21-9-13-15(24(18)22-14)7-8-23(19(13)25)16(11-29)20(26)27/h2-9,16,29H,10-11H2,1H3,(H,26,27)/t16-/m0/s1. The SMILES string of the molecule is COCc1nn2c(ncc3c(=O)n([C@@H](CS)C(=O)O)ccc32)c1-c1ccccc1. The van der Waals surface area contributed by atoms with Gasteiger partial charge in [-0.1, -0.05) is 30.3 Å². The monoisotopic (exact) mass is 410 g/mol. The maximum Gasteiger partial charge on any atom is 0.327 e. The number of pyridine rings is 1. The van der Waals surface area contributed by atoms with E-state index in [4.69, 9.17) is 4.74 Å². The molecule has 1 atom stereocenters. The van der Waals surface area contributed by atoms with Crippen LogP contribution in [0, 0.1) is 0 Å². The van der Waals surface area contributed by atoms with Crippen molar-refractivity contribution in [3.05, 3.63) is 64.8 Å². The lowest BCUT2D eigenvalue weighted by Gasteiger charge is -2.14. The van der Waals surface area contributed by atoms with Gasteiger partial charge in [0.25, 0.3) is 5.56 Å². The number of carboxylic acid groups (broad SMARTS) is 1. The number of hydrogen-bond acceptors (Lipinski definition) is 6. The number of rotatable bonds is 6. The van der Waals surface area contributed by atoms with E-state index in [2.05, 4.69) is 22.7 Å². The highest BCUT2D eigenvalue weighted by Crippen LogP contribution is 2.29. The largest absolute Gasteiger partial charge is 0.480 e. The zero-order valence-corrected chi connectivity index (χ0v) is 16.4. The molecule has 4 rings (SSSR count). The molecule has 0 aliphatic carbocycles. The van der Waals surface area contributed by atoms with E-state index >= 15 is 0 Å². The zero-order valence-electron chi connectivity index (χ0n) is 15.5. The topological polar surface area (TPSA) is 98.7 Å². The van der Waals surface area contributed by atoms with Gasteiger partial charge in [0.2, 0.25) is 0 Å². The zero-order chi connectivity index (χ0) is 20.5. The molecule has 0 aliphatic heterocycles. The molecular formula is C20H18N4O4S. The van der Waals surface area contributed by atoms with Crippen LogP contribution in [-0.4, -0.2) is 43.1 Å². The van der Waals surface area contributed by atoms with Crippen molar-refractivity contribution in [2.24, 2.45) is 0 Å². The third-order valence-corrected chi connectivity index (χ3v) is 5.09. The molecule has 0 aliphatic rings. The molecule has 0 saturated heterocycles. The second kappa shape index (κ2) is 7.69. The maximum atomic E-state index is 12.9. The highest BCUT2D eigenvalue weighted by molar-refractivity contribution is 7.80. The number of benzene rings is 1. The Bertz CT molecular complexity index is 1270. The summed E-state index contributed by atoms with van der Waals surface area (Å²) in [5.74, 6) is -1.13. The smallest absolute Gasteiger partial charge is 0.327 e. The van der Waals surface area contributed by atoms with Crippen LogP contribution in [0.25, 0.3) is 27.7 Å². The van der Waals surface area contributed by atoms with Crippen LogP contribution in [0.1, 0.15) is 11.7 Å². The molecule has 0 saturated carbocycles. The second-order valence-electron chi connectivity index (χ2n) is 6.48. The summed E-state index contributed by atoms with van der Waals surface area (Å²) in [6.45, 7) is 0.285. The van der Waals surface area contributed by atoms with Crippen LogP contribution >= 0.6 is 12.6 Å². The van der Waals surface area contributed by atoms with E-state index in [0.717, 1.165) is 15.7 Å².